The number of ether oxygens (including phenoxy) is 1. The van der Waals surface area contributed by atoms with Gasteiger partial charge in [-0.15, -0.1) is 0 Å². The van der Waals surface area contributed by atoms with E-state index in [4.69, 9.17) is 19.7 Å². The van der Waals surface area contributed by atoms with Gasteiger partial charge in [0.05, 0.1) is 22.0 Å². The summed E-state index contributed by atoms with van der Waals surface area (Å²) in [7, 11) is -4.32. The molecule has 7 aromatic carbocycles. The number of nitrogens with zero attached hydrogens (tertiary/aromatic N) is 4. The van der Waals surface area contributed by atoms with Crippen LogP contribution in [0.25, 0.3) is 45.0 Å². The van der Waals surface area contributed by atoms with Gasteiger partial charge in [0.1, 0.15) is 0 Å². The van der Waals surface area contributed by atoms with Crippen molar-refractivity contribution in [3.63, 3.8) is 0 Å². The number of anilines is 3. The van der Waals surface area contributed by atoms with Gasteiger partial charge in [-0.25, -0.2) is 4.98 Å². The molecular weight excluding hydrogens is 729 g/mol. The molecule has 9 heteroatoms. The first kappa shape index (κ1) is 35.7. The summed E-state index contributed by atoms with van der Waals surface area (Å²) in [5.74, 6) is 1.55. The minimum Gasteiger partial charge on any atom is -0.422 e. The molecule has 0 atom stereocenters. The van der Waals surface area contributed by atoms with Crippen molar-refractivity contribution in [3.8, 4) is 56.8 Å². The lowest BCUT2D eigenvalue weighted by Gasteiger charge is -2.42. The van der Waals surface area contributed by atoms with Crippen molar-refractivity contribution in [2.45, 2.75) is 24.2 Å². The predicted molar refractivity (Wildman–Crippen MR) is 225 cm³/mol. The van der Waals surface area contributed by atoms with Crippen LogP contribution in [0, 0.1) is 0 Å². The normalized spacial score (nSPS) is 13.1. The number of hydrogen-bond acceptors (Lipinski definition) is 7. The lowest BCUT2D eigenvalue weighted by Crippen LogP contribution is -2.31. The molecule has 1 aromatic heterocycles. The summed E-state index contributed by atoms with van der Waals surface area (Å²) in [4.78, 5) is 16.5. The van der Waals surface area contributed by atoms with Gasteiger partial charge in [0.2, 0.25) is 0 Å². The van der Waals surface area contributed by atoms with Gasteiger partial charge in [-0.3, -0.25) is 4.55 Å². The zero-order valence-corrected chi connectivity index (χ0v) is 31.9. The highest BCUT2D eigenvalue weighted by atomic mass is 32.2. The molecule has 8 nitrogen and oxygen atoms in total. The largest absolute Gasteiger partial charge is 0.422 e. The number of para-hydroxylation sites is 2. The quantitative estimate of drug-likeness (QED) is 0.152. The fourth-order valence-corrected chi connectivity index (χ4v) is 7.95. The van der Waals surface area contributed by atoms with Gasteiger partial charge >= 0.3 is 6.01 Å². The van der Waals surface area contributed by atoms with E-state index in [9.17, 15) is 13.0 Å². The minimum atomic E-state index is -4.32. The molecule has 1 N–H and O–H groups in total. The SMILES string of the molecule is CC1(C)c2cc(-c3ccccc3)ccc2N(c2ccccc2Oc2nc(-c3ccccc3)nc(-c3ccccc3)n2)c2ccc(-c3ccc(S(=O)(=O)O)cc3)cc21. The molecular formula is C48H36N4O4S. The van der Waals surface area contributed by atoms with Crippen molar-refractivity contribution in [2.24, 2.45) is 0 Å². The topological polar surface area (TPSA) is 106 Å². The lowest BCUT2D eigenvalue weighted by atomic mass is 9.72. The Morgan fingerprint density at radius 1 is 0.491 bits per heavy atom. The molecule has 0 saturated heterocycles. The van der Waals surface area contributed by atoms with Crippen molar-refractivity contribution >= 4 is 27.2 Å². The van der Waals surface area contributed by atoms with Crippen molar-refractivity contribution in [3.05, 3.63) is 187 Å². The molecule has 8 aromatic rings. The first-order valence-corrected chi connectivity index (χ1v) is 19.9. The molecule has 0 amide bonds. The Balaban J connectivity index is 1.21. The van der Waals surface area contributed by atoms with Gasteiger partial charge in [-0.05, 0) is 81.9 Å². The molecule has 1 aliphatic rings. The van der Waals surface area contributed by atoms with Crippen LogP contribution in [0.4, 0.5) is 17.1 Å². The second kappa shape index (κ2) is 14.3. The van der Waals surface area contributed by atoms with Gasteiger partial charge < -0.3 is 9.64 Å². The zero-order chi connectivity index (χ0) is 39.1. The van der Waals surface area contributed by atoms with Crippen molar-refractivity contribution in [1.29, 1.82) is 0 Å². The van der Waals surface area contributed by atoms with Crippen LogP contribution in [0.5, 0.6) is 11.8 Å². The van der Waals surface area contributed by atoms with Crippen LogP contribution in [0.3, 0.4) is 0 Å². The second-order valence-electron chi connectivity index (χ2n) is 14.4. The van der Waals surface area contributed by atoms with E-state index in [1.165, 1.54) is 12.1 Å². The Labute approximate surface area is 331 Å². The number of aromatic nitrogens is 3. The summed E-state index contributed by atoms with van der Waals surface area (Å²) < 4.78 is 39.9. The lowest BCUT2D eigenvalue weighted by molar-refractivity contribution is 0.442. The summed E-state index contributed by atoms with van der Waals surface area (Å²) in [6.07, 6.45) is 0. The van der Waals surface area contributed by atoms with E-state index in [0.717, 1.165) is 61.6 Å². The second-order valence-corrected chi connectivity index (χ2v) is 15.8. The maximum Gasteiger partial charge on any atom is 0.326 e. The molecule has 0 radical (unpaired) electrons. The Bertz CT molecular complexity index is 2810. The Kier molecular flexibility index (Phi) is 8.96. The van der Waals surface area contributed by atoms with E-state index < -0.39 is 15.5 Å². The summed E-state index contributed by atoms with van der Waals surface area (Å²) >= 11 is 0. The predicted octanol–water partition coefficient (Wildman–Crippen LogP) is 11.7. The van der Waals surface area contributed by atoms with Crippen molar-refractivity contribution in [2.75, 3.05) is 4.90 Å². The Morgan fingerprint density at radius 2 is 0.930 bits per heavy atom. The first-order valence-electron chi connectivity index (χ1n) is 18.5. The summed E-state index contributed by atoms with van der Waals surface area (Å²) in [6, 6.07) is 57.1. The Hall–Kier alpha value is -6.94. The van der Waals surface area contributed by atoms with Crippen molar-refractivity contribution in [1.82, 2.24) is 15.0 Å². The fraction of sp³-hybridized carbons (Fsp3) is 0.0625. The maximum absolute atomic E-state index is 11.8. The summed E-state index contributed by atoms with van der Waals surface area (Å²) in [5, 5.41) is 0. The number of rotatable bonds is 8. The number of benzene rings is 7. The van der Waals surface area contributed by atoms with Crippen LogP contribution in [0.1, 0.15) is 25.0 Å². The molecule has 0 saturated carbocycles. The standard InChI is InChI=1S/C48H36N4O4S/c1-48(2)39-30-36(32-14-6-3-7-15-32)24-28-41(39)52(42-29-25-37(31-40(42)48)33-22-26-38(27-23-33)57(53,54)55)43-20-12-13-21-44(43)56-47-50-45(34-16-8-4-9-17-34)49-46(51-47)35-18-10-5-11-19-35/h3-31H,1-2H3,(H,53,54,55). The van der Waals surface area contributed by atoms with E-state index >= 15 is 0 Å². The van der Waals surface area contributed by atoms with Gasteiger partial charge in [0.25, 0.3) is 10.1 Å². The third kappa shape index (κ3) is 6.84. The minimum absolute atomic E-state index is 0.153. The average Bonchev–Trinajstić information content (AvgIpc) is 3.25. The van der Waals surface area contributed by atoms with E-state index in [0.29, 0.717) is 17.4 Å². The van der Waals surface area contributed by atoms with E-state index in [2.05, 4.69) is 61.2 Å². The van der Waals surface area contributed by atoms with Crippen molar-refractivity contribution < 1.29 is 17.7 Å². The third-order valence-corrected chi connectivity index (χ3v) is 11.3. The highest BCUT2D eigenvalue weighted by Gasteiger charge is 2.38. The molecule has 57 heavy (non-hydrogen) atoms. The highest BCUT2D eigenvalue weighted by Crippen LogP contribution is 2.55. The van der Waals surface area contributed by atoms with Gasteiger partial charge in [0, 0.05) is 16.5 Å². The van der Waals surface area contributed by atoms with Crippen LogP contribution < -0.4 is 9.64 Å². The van der Waals surface area contributed by atoms with Gasteiger partial charge in [-0.1, -0.05) is 141 Å². The van der Waals surface area contributed by atoms with E-state index in [1.54, 1.807) is 12.1 Å². The summed E-state index contributed by atoms with van der Waals surface area (Å²) in [6.45, 7) is 4.46. The van der Waals surface area contributed by atoms with Gasteiger partial charge in [-0.2, -0.15) is 18.4 Å². The molecule has 0 bridgehead atoms. The molecule has 0 spiro atoms. The Morgan fingerprint density at radius 3 is 1.44 bits per heavy atom. The van der Waals surface area contributed by atoms with Crippen LogP contribution in [-0.4, -0.2) is 27.9 Å². The molecule has 278 valence electrons. The maximum atomic E-state index is 11.8. The van der Waals surface area contributed by atoms with Crippen LogP contribution in [-0.2, 0) is 15.5 Å². The molecule has 0 fully saturated rings. The smallest absolute Gasteiger partial charge is 0.326 e. The molecule has 0 aliphatic carbocycles. The summed E-state index contributed by atoms with van der Waals surface area (Å²) in [5.41, 5.74) is 10.1. The van der Waals surface area contributed by atoms with E-state index in [1.807, 2.05) is 109 Å². The first-order chi connectivity index (χ1) is 27.6. The van der Waals surface area contributed by atoms with Crippen LogP contribution in [0.15, 0.2) is 181 Å². The van der Waals surface area contributed by atoms with Crippen LogP contribution in [0.2, 0.25) is 0 Å². The van der Waals surface area contributed by atoms with Crippen LogP contribution >= 0.6 is 0 Å². The third-order valence-electron chi connectivity index (χ3n) is 10.4. The monoisotopic (exact) mass is 764 g/mol. The molecule has 9 rings (SSSR count). The molecule has 0 unspecified atom stereocenters. The zero-order valence-electron chi connectivity index (χ0n) is 31.1. The molecule has 1 aliphatic heterocycles. The fourth-order valence-electron chi connectivity index (χ4n) is 7.47. The molecule has 2 heterocycles. The van der Waals surface area contributed by atoms with Gasteiger partial charge in [0.15, 0.2) is 17.4 Å². The average molecular weight is 765 g/mol. The van der Waals surface area contributed by atoms with E-state index in [-0.39, 0.29) is 10.9 Å². The highest BCUT2D eigenvalue weighted by molar-refractivity contribution is 7.85. The number of hydrogen-bond donors (Lipinski definition) is 1. The number of fused-ring (bicyclic) bond motifs is 2.